The van der Waals surface area contributed by atoms with Crippen LogP contribution in [0.1, 0.15) is 196 Å². The molecule has 0 saturated carbocycles. The fraction of sp³-hybridized carbons (Fsp3) is 0.960. The van der Waals surface area contributed by atoms with Gasteiger partial charge in [-0.3, -0.25) is 9.59 Å². The van der Waals surface area contributed by atoms with Crippen LogP contribution < -0.4 is 0 Å². The van der Waals surface area contributed by atoms with Crippen LogP contribution in [-0.4, -0.2) is 129 Å². The zero-order valence-corrected chi connectivity index (χ0v) is 40.6. The van der Waals surface area contributed by atoms with E-state index >= 15 is 0 Å². The van der Waals surface area contributed by atoms with Gasteiger partial charge in [0.2, 0.25) is 0 Å². The summed E-state index contributed by atoms with van der Waals surface area (Å²) in [6.45, 7) is 11.3. The molecule has 0 aliphatic carbocycles. The molecule has 0 aromatic carbocycles. The first-order valence-corrected chi connectivity index (χ1v) is 25.7. The lowest BCUT2D eigenvalue weighted by Crippen LogP contribution is -2.61. The van der Waals surface area contributed by atoms with Crippen molar-refractivity contribution in [2.45, 2.75) is 269 Å². The van der Waals surface area contributed by atoms with E-state index in [9.17, 15) is 40.2 Å². The molecule has 4 bridgehead atoms. The van der Waals surface area contributed by atoms with Crippen LogP contribution >= 0.6 is 0 Å². The maximum absolute atomic E-state index is 13.6. The van der Waals surface area contributed by atoms with Crippen LogP contribution in [0.25, 0.3) is 0 Å². The van der Waals surface area contributed by atoms with Crippen LogP contribution in [0.3, 0.4) is 0 Å². The summed E-state index contributed by atoms with van der Waals surface area (Å²) >= 11 is 0. The van der Waals surface area contributed by atoms with Gasteiger partial charge >= 0.3 is 11.9 Å². The molecule has 3 fully saturated rings. The quantitative estimate of drug-likeness (QED) is 0.0369. The molecule has 0 aromatic heterocycles. The van der Waals surface area contributed by atoms with Crippen molar-refractivity contribution >= 4 is 11.9 Å². The fourth-order valence-corrected chi connectivity index (χ4v) is 9.07. The first-order valence-electron chi connectivity index (χ1n) is 25.7. The van der Waals surface area contributed by atoms with Crippen molar-refractivity contribution in [3.63, 3.8) is 0 Å². The average Bonchev–Trinajstić information content (AvgIpc) is 3.26. The third kappa shape index (κ3) is 20.4. The zero-order chi connectivity index (χ0) is 47.0. The predicted octanol–water partition coefficient (Wildman–Crippen LogP) is 7.42. The Morgan fingerprint density at radius 1 is 0.406 bits per heavy atom. The second-order valence-electron chi connectivity index (χ2n) is 20.2. The minimum atomic E-state index is -1.69. The molecule has 376 valence electrons. The van der Waals surface area contributed by atoms with Gasteiger partial charge in [-0.1, -0.05) is 169 Å². The summed E-state index contributed by atoms with van der Waals surface area (Å²) in [4.78, 5) is 27.3. The van der Waals surface area contributed by atoms with E-state index in [1.54, 1.807) is 13.8 Å². The van der Waals surface area contributed by atoms with Crippen molar-refractivity contribution in [3.8, 4) is 0 Å². The number of carbonyl (C=O) groups excluding carboxylic acids is 2. The molecule has 3 saturated heterocycles. The molecule has 14 nitrogen and oxygen atoms in total. The van der Waals surface area contributed by atoms with E-state index in [1.807, 2.05) is 0 Å². The second-order valence-corrected chi connectivity index (χ2v) is 20.2. The largest absolute Gasteiger partial charge is 0.463 e. The molecule has 14 heteroatoms. The van der Waals surface area contributed by atoms with E-state index in [1.165, 1.54) is 77.0 Å². The number of esters is 2. The summed E-state index contributed by atoms with van der Waals surface area (Å²) in [5, 5.41) is 65.6. The minimum absolute atomic E-state index is 0.387. The topological polar surface area (TPSA) is 211 Å². The minimum Gasteiger partial charge on any atom is -0.463 e. The lowest BCUT2D eigenvalue weighted by atomic mass is 9.95. The Balaban J connectivity index is 1.65. The number of carbonyl (C=O) groups is 2. The van der Waals surface area contributed by atoms with Gasteiger partial charge in [0.15, 0.2) is 12.6 Å². The number of unbranched alkanes of at least 4 members (excludes halogenated alkanes) is 18. The van der Waals surface area contributed by atoms with Crippen molar-refractivity contribution in [2.24, 2.45) is 23.7 Å². The standard InChI is InChI=1S/C50H92O14/c1-33(2)27-23-19-15-11-7-9-13-17-21-25-29-37-35(5)47(57)59-31-40-42(52)44(54)46(56)50(64-40)62-38(30-26-22-18-14-10-8-12-16-20-24-28-34(3)4)36(6)48(58)60-32-39-41(51)43(53)45(55)49(61-37)63-39/h33-46,49-56H,7-32H2,1-6H3/t35-,36-,37-,38-,39+,40+,41+,42+,43-,44-,45+,46+,49+,50+/m0/s1. The first kappa shape index (κ1) is 56.9. The number of aliphatic hydroxyl groups is 6. The number of ether oxygens (including phenoxy) is 6. The van der Waals surface area contributed by atoms with Gasteiger partial charge in [0.05, 0.1) is 24.0 Å². The van der Waals surface area contributed by atoms with Gasteiger partial charge < -0.3 is 59.1 Å². The molecule has 0 aromatic rings. The first-order chi connectivity index (χ1) is 30.6. The van der Waals surface area contributed by atoms with Crippen LogP contribution in [0.4, 0.5) is 0 Å². The Labute approximate surface area is 385 Å². The number of cyclic esters (lactones) is 2. The number of fused-ring (bicyclic) bond motifs is 4. The number of aliphatic hydroxyl groups excluding tert-OH is 6. The molecule has 0 unspecified atom stereocenters. The van der Waals surface area contributed by atoms with Crippen LogP contribution in [0.2, 0.25) is 0 Å². The number of hydrogen-bond donors (Lipinski definition) is 6. The molecular formula is C50H92O14. The zero-order valence-electron chi connectivity index (χ0n) is 40.6. The van der Waals surface area contributed by atoms with Gasteiger partial charge in [-0.15, -0.1) is 0 Å². The molecule has 3 aliphatic rings. The summed E-state index contributed by atoms with van der Waals surface area (Å²) in [6.07, 6.45) is 8.48. The lowest BCUT2D eigenvalue weighted by Gasteiger charge is -2.43. The van der Waals surface area contributed by atoms with Gasteiger partial charge in [-0.25, -0.2) is 0 Å². The van der Waals surface area contributed by atoms with Crippen molar-refractivity contribution in [1.82, 2.24) is 0 Å². The van der Waals surface area contributed by atoms with E-state index in [0.29, 0.717) is 25.7 Å². The van der Waals surface area contributed by atoms with Crippen molar-refractivity contribution in [2.75, 3.05) is 13.2 Å². The van der Waals surface area contributed by atoms with Crippen molar-refractivity contribution in [3.05, 3.63) is 0 Å². The van der Waals surface area contributed by atoms with Gasteiger partial charge in [0.25, 0.3) is 0 Å². The summed E-state index contributed by atoms with van der Waals surface area (Å²) < 4.78 is 35.7. The van der Waals surface area contributed by atoms with Crippen LogP contribution in [0.5, 0.6) is 0 Å². The second kappa shape index (κ2) is 31.6. The Hall–Kier alpha value is -1.46. The molecule has 6 N–H and O–H groups in total. The average molecular weight is 917 g/mol. The Morgan fingerprint density at radius 3 is 0.984 bits per heavy atom. The Morgan fingerprint density at radius 2 is 0.688 bits per heavy atom. The van der Waals surface area contributed by atoms with E-state index in [2.05, 4.69) is 27.7 Å². The van der Waals surface area contributed by atoms with E-state index in [-0.39, 0.29) is 0 Å². The summed E-state index contributed by atoms with van der Waals surface area (Å²) in [6, 6.07) is 0. The molecule has 64 heavy (non-hydrogen) atoms. The van der Waals surface area contributed by atoms with Gasteiger partial charge in [0.1, 0.15) is 62.0 Å². The summed E-state index contributed by atoms with van der Waals surface area (Å²) in [7, 11) is 0. The summed E-state index contributed by atoms with van der Waals surface area (Å²) in [5.41, 5.74) is 0. The highest BCUT2D eigenvalue weighted by molar-refractivity contribution is 5.73. The van der Waals surface area contributed by atoms with Crippen LogP contribution in [0.15, 0.2) is 0 Å². The Kier molecular flexibility index (Phi) is 28.0. The maximum Gasteiger partial charge on any atom is 0.311 e. The van der Waals surface area contributed by atoms with E-state index < -0.39 is 111 Å². The highest BCUT2D eigenvalue weighted by atomic mass is 16.7. The van der Waals surface area contributed by atoms with Gasteiger partial charge in [-0.2, -0.15) is 0 Å². The molecule has 3 aliphatic heterocycles. The monoisotopic (exact) mass is 917 g/mol. The molecule has 0 radical (unpaired) electrons. The van der Waals surface area contributed by atoms with Gasteiger partial charge in [-0.05, 0) is 38.5 Å². The highest BCUT2D eigenvalue weighted by Gasteiger charge is 2.49. The lowest BCUT2D eigenvalue weighted by molar-refractivity contribution is -0.320. The molecule has 3 rings (SSSR count). The predicted molar refractivity (Wildman–Crippen MR) is 244 cm³/mol. The van der Waals surface area contributed by atoms with E-state index in [4.69, 9.17) is 28.4 Å². The third-order valence-corrected chi connectivity index (χ3v) is 13.6. The van der Waals surface area contributed by atoms with Crippen LogP contribution in [-0.2, 0) is 38.0 Å². The molecule has 0 amide bonds. The molecule has 3 heterocycles. The molecule has 0 spiro atoms. The molecule has 14 atom stereocenters. The van der Waals surface area contributed by atoms with Gasteiger partial charge in [0, 0.05) is 0 Å². The summed E-state index contributed by atoms with van der Waals surface area (Å²) in [5.74, 6) is -1.72. The Bertz CT molecular complexity index is 1140. The fourth-order valence-electron chi connectivity index (χ4n) is 9.07. The number of hydrogen-bond acceptors (Lipinski definition) is 14. The highest BCUT2D eigenvalue weighted by Crippen LogP contribution is 2.31. The van der Waals surface area contributed by atoms with Crippen molar-refractivity contribution < 1.29 is 68.6 Å². The smallest absolute Gasteiger partial charge is 0.311 e. The molecular weight excluding hydrogens is 825 g/mol. The normalized spacial score (nSPS) is 33.5. The third-order valence-electron chi connectivity index (χ3n) is 13.6. The number of rotatable bonds is 26. The van der Waals surface area contributed by atoms with Crippen LogP contribution in [0, 0.1) is 23.7 Å². The van der Waals surface area contributed by atoms with Crippen molar-refractivity contribution in [1.29, 1.82) is 0 Å². The maximum atomic E-state index is 13.6. The van der Waals surface area contributed by atoms with E-state index in [0.717, 1.165) is 63.2 Å². The SMILES string of the molecule is CC(C)CCCCCCCCCCCC[C@@H]1O[C@@H]2O[C@H](COC(=O)[C@@H](C)[C@H](CCCCCCCCCCCCC(C)C)O[C@@H]3O[C@H](COC(=O)[C@H]1C)[C@@H](O)[C@H](O)[C@H]3O)[C@@H](O)[C@H](O)[C@H]2O.